The Bertz CT molecular complexity index is 994. The third-order valence-corrected chi connectivity index (χ3v) is 5.34. The van der Waals surface area contributed by atoms with Gasteiger partial charge in [-0.05, 0) is 36.8 Å². The number of carbonyl (C=O) groups excluding carboxylic acids is 3. The van der Waals surface area contributed by atoms with Gasteiger partial charge < -0.3 is 5.32 Å². The maximum Gasteiger partial charge on any atom is 0.257 e. The molecule has 1 N–H and O–H groups in total. The molecule has 0 atom stereocenters. The van der Waals surface area contributed by atoms with Crippen molar-refractivity contribution in [1.82, 2.24) is 0 Å². The number of anilines is 2. The van der Waals surface area contributed by atoms with Crippen molar-refractivity contribution in [2.45, 2.75) is 13.3 Å². The van der Waals surface area contributed by atoms with E-state index in [-0.39, 0.29) is 29.2 Å². The minimum atomic E-state index is -0.529. The fourth-order valence-electron chi connectivity index (χ4n) is 2.57. The minimum absolute atomic E-state index is 0.0548. The maximum absolute atomic E-state index is 12.5. The summed E-state index contributed by atoms with van der Waals surface area (Å²) in [5.74, 6) is -1.32. The highest BCUT2D eigenvalue weighted by molar-refractivity contribution is 8.14. The van der Waals surface area contributed by atoms with Crippen molar-refractivity contribution < 1.29 is 14.4 Å². The molecule has 3 amide bonds. The number of rotatable bonds is 4. The Balaban J connectivity index is 1.75. The molecule has 2 aromatic rings. The van der Waals surface area contributed by atoms with Crippen molar-refractivity contribution in [3.05, 3.63) is 58.1 Å². The van der Waals surface area contributed by atoms with Gasteiger partial charge in [-0.15, -0.1) is 0 Å². The second kappa shape index (κ2) is 8.77. The summed E-state index contributed by atoms with van der Waals surface area (Å²) in [6.07, 6.45) is -0.301. The largest absolute Gasteiger partial charge is 0.324 e. The average Bonchev–Trinajstić information content (AvgIpc) is 2.63. The normalized spacial score (nSPS) is 14.1. The van der Waals surface area contributed by atoms with Crippen molar-refractivity contribution in [1.29, 1.82) is 0 Å². The van der Waals surface area contributed by atoms with E-state index in [4.69, 9.17) is 23.2 Å². The molecule has 3 rings (SSSR count). The number of thioether (sulfide) groups is 1. The number of benzene rings is 2. The SMILES string of the molecule is Cc1ccccc1N1C(=O)CC(=O)N=C1SCC(=O)Nc1ccc(Cl)cc1Cl. The molecule has 1 aliphatic rings. The van der Waals surface area contributed by atoms with Crippen LogP contribution in [0.5, 0.6) is 0 Å². The summed E-state index contributed by atoms with van der Waals surface area (Å²) < 4.78 is 0. The van der Waals surface area contributed by atoms with Crippen LogP contribution in [-0.4, -0.2) is 28.6 Å². The lowest BCUT2D eigenvalue weighted by atomic mass is 10.1. The predicted molar refractivity (Wildman–Crippen MR) is 113 cm³/mol. The molecule has 144 valence electrons. The molecule has 0 saturated heterocycles. The smallest absolute Gasteiger partial charge is 0.257 e. The maximum atomic E-state index is 12.5. The Hall–Kier alpha value is -2.35. The van der Waals surface area contributed by atoms with Crippen LogP contribution in [0.2, 0.25) is 10.0 Å². The van der Waals surface area contributed by atoms with E-state index in [1.165, 1.54) is 11.0 Å². The molecule has 2 aromatic carbocycles. The molecule has 28 heavy (non-hydrogen) atoms. The van der Waals surface area contributed by atoms with Crippen molar-refractivity contribution in [2.75, 3.05) is 16.0 Å². The fourth-order valence-corrected chi connectivity index (χ4v) is 3.85. The summed E-state index contributed by atoms with van der Waals surface area (Å²) in [7, 11) is 0. The summed E-state index contributed by atoms with van der Waals surface area (Å²) in [5.41, 5.74) is 1.91. The Morgan fingerprint density at radius 1 is 1.21 bits per heavy atom. The number of hydrogen-bond donors (Lipinski definition) is 1. The first-order valence-electron chi connectivity index (χ1n) is 8.23. The topological polar surface area (TPSA) is 78.8 Å². The van der Waals surface area contributed by atoms with Gasteiger partial charge in [0, 0.05) is 5.02 Å². The zero-order valence-electron chi connectivity index (χ0n) is 14.7. The summed E-state index contributed by atoms with van der Waals surface area (Å²) in [6.45, 7) is 1.86. The molecule has 0 aliphatic carbocycles. The summed E-state index contributed by atoms with van der Waals surface area (Å²) in [5, 5.41) is 3.62. The second-order valence-corrected chi connectivity index (χ2v) is 7.73. The predicted octanol–water partition coefficient (Wildman–Crippen LogP) is 4.29. The molecule has 6 nitrogen and oxygen atoms in total. The van der Waals surface area contributed by atoms with Gasteiger partial charge in [-0.25, -0.2) is 0 Å². The highest BCUT2D eigenvalue weighted by Crippen LogP contribution is 2.28. The van der Waals surface area contributed by atoms with Crippen LogP contribution in [0.1, 0.15) is 12.0 Å². The van der Waals surface area contributed by atoms with E-state index in [1.54, 1.807) is 24.3 Å². The van der Waals surface area contributed by atoms with Gasteiger partial charge in [0.1, 0.15) is 6.42 Å². The van der Waals surface area contributed by atoms with Crippen molar-refractivity contribution in [3.63, 3.8) is 0 Å². The quantitative estimate of drug-likeness (QED) is 0.726. The van der Waals surface area contributed by atoms with Crippen LogP contribution in [0.25, 0.3) is 0 Å². The van der Waals surface area contributed by atoms with E-state index in [2.05, 4.69) is 10.3 Å². The lowest BCUT2D eigenvalue weighted by Gasteiger charge is -2.27. The molecule has 0 aromatic heterocycles. The number of aliphatic imine (C=N–C) groups is 1. The van der Waals surface area contributed by atoms with Gasteiger partial charge in [-0.3, -0.25) is 19.3 Å². The molecular formula is C19H15Cl2N3O3S. The lowest BCUT2D eigenvalue weighted by Crippen LogP contribution is -2.41. The van der Waals surface area contributed by atoms with Crippen LogP contribution in [-0.2, 0) is 14.4 Å². The molecule has 0 fully saturated rings. The number of amidine groups is 1. The molecule has 1 aliphatic heterocycles. The minimum Gasteiger partial charge on any atom is -0.324 e. The Morgan fingerprint density at radius 3 is 2.68 bits per heavy atom. The van der Waals surface area contributed by atoms with E-state index in [0.717, 1.165) is 17.3 Å². The highest BCUT2D eigenvalue weighted by Gasteiger charge is 2.30. The zero-order valence-corrected chi connectivity index (χ0v) is 17.1. The van der Waals surface area contributed by atoms with Gasteiger partial charge in [0.05, 0.1) is 22.2 Å². The van der Waals surface area contributed by atoms with E-state index in [0.29, 0.717) is 21.4 Å². The lowest BCUT2D eigenvalue weighted by molar-refractivity contribution is -0.126. The highest BCUT2D eigenvalue weighted by atomic mass is 35.5. The number of para-hydroxylation sites is 1. The molecule has 0 radical (unpaired) electrons. The monoisotopic (exact) mass is 435 g/mol. The Kier molecular flexibility index (Phi) is 6.39. The van der Waals surface area contributed by atoms with Gasteiger partial charge in [0.25, 0.3) is 5.91 Å². The zero-order chi connectivity index (χ0) is 20.3. The van der Waals surface area contributed by atoms with E-state index < -0.39 is 5.91 Å². The van der Waals surface area contributed by atoms with E-state index in [9.17, 15) is 14.4 Å². The molecule has 0 saturated carbocycles. The van der Waals surface area contributed by atoms with E-state index in [1.807, 2.05) is 19.1 Å². The second-order valence-electron chi connectivity index (χ2n) is 5.94. The number of carbonyl (C=O) groups is 3. The van der Waals surface area contributed by atoms with Crippen LogP contribution >= 0.6 is 35.0 Å². The van der Waals surface area contributed by atoms with Crippen LogP contribution in [0.15, 0.2) is 47.5 Å². The van der Waals surface area contributed by atoms with Crippen LogP contribution in [0, 0.1) is 6.92 Å². The van der Waals surface area contributed by atoms with Gasteiger partial charge in [-0.2, -0.15) is 4.99 Å². The fraction of sp³-hybridized carbons (Fsp3) is 0.158. The summed E-state index contributed by atoms with van der Waals surface area (Å²) in [4.78, 5) is 41.9. The summed E-state index contributed by atoms with van der Waals surface area (Å²) in [6, 6.07) is 12.0. The van der Waals surface area contributed by atoms with Crippen LogP contribution in [0.3, 0.4) is 0 Å². The number of nitrogens with zero attached hydrogens (tertiary/aromatic N) is 2. The average molecular weight is 436 g/mol. The molecular weight excluding hydrogens is 421 g/mol. The third kappa shape index (κ3) is 4.73. The molecule has 0 unspecified atom stereocenters. The van der Waals surface area contributed by atoms with Crippen molar-refractivity contribution in [3.8, 4) is 0 Å². The number of aryl methyl sites for hydroxylation is 1. The Labute approximate surface area is 175 Å². The number of hydrogen-bond acceptors (Lipinski definition) is 4. The molecule has 0 spiro atoms. The molecule has 1 heterocycles. The van der Waals surface area contributed by atoms with Crippen LogP contribution < -0.4 is 10.2 Å². The number of amides is 3. The first-order chi connectivity index (χ1) is 13.3. The van der Waals surface area contributed by atoms with Gasteiger partial charge in [0.15, 0.2) is 5.17 Å². The first kappa shape index (κ1) is 20.4. The molecule has 9 heteroatoms. The van der Waals surface area contributed by atoms with E-state index >= 15 is 0 Å². The van der Waals surface area contributed by atoms with Gasteiger partial charge in [-0.1, -0.05) is 53.2 Å². The van der Waals surface area contributed by atoms with Gasteiger partial charge in [0.2, 0.25) is 11.8 Å². The van der Waals surface area contributed by atoms with Crippen molar-refractivity contribution >= 4 is 69.2 Å². The molecule has 0 bridgehead atoms. The first-order valence-corrected chi connectivity index (χ1v) is 9.97. The number of halogens is 2. The van der Waals surface area contributed by atoms with Crippen LogP contribution in [0.4, 0.5) is 11.4 Å². The van der Waals surface area contributed by atoms with Crippen molar-refractivity contribution in [2.24, 2.45) is 4.99 Å². The number of nitrogens with one attached hydrogen (secondary N) is 1. The summed E-state index contributed by atoms with van der Waals surface area (Å²) >= 11 is 12.9. The standard InChI is InChI=1S/C19H15Cl2N3O3S/c1-11-4-2-3-5-15(11)24-18(27)9-16(25)23-19(24)28-10-17(26)22-14-7-6-12(20)8-13(14)21/h2-8H,9-10H2,1H3,(H,22,26). The van der Waals surface area contributed by atoms with Gasteiger partial charge >= 0.3 is 0 Å². The third-order valence-electron chi connectivity index (χ3n) is 3.86. The Morgan fingerprint density at radius 2 is 1.96 bits per heavy atom.